The van der Waals surface area contributed by atoms with Crippen LogP contribution in [0.2, 0.25) is 5.02 Å². The molecular weight excluding hydrogens is 224 g/mol. The van der Waals surface area contributed by atoms with Gasteiger partial charge in [0.05, 0.1) is 15.9 Å². The Hall–Kier alpha value is -1.79. The summed E-state index contributed by atoms with van der Waals surface area (Å²) in [5, 5.41) is 9.67. The smallest absolute Gasteiger partial charge is 0.208 e. The van der Waals surface area contributed by atoms with Crippen LogP contribution in [-0.4, -0.2) is 4.98 Å². The van der Waals surface area contributed by atoms with Crippen molar-refractivity contribution in [1.29, 1.82) is 5.26 Å². The number of nitrogens with one attached hydrogen (secondary N) is 1. The van der Waals surface area contributed by atoms with E-state index in [0.717, 1.165) is 5.56 Å². The maximum atomic E-state index is 12.0. The van der Waals surface area contributed by atoms with E-state index in [9.17, 15) is 4.79 Å². The van der Waals surface area contributed by atoms with E-state index < -0.39 is 0 Å². The van der Waals surface area contributed by atoms with Gasteiger partial charge in [0.2, 0.25) is 5.43 Å². The molecule has 0 fully saturated rings. The number of nitrogens with zero attached hydrogens (tertiary/aromatic N) is 1. The molecule has 1 aromatic heterocycles. The number of nitriles is 1. The Labute approximate surface area is 97.3 Å². The van der Waals surface area contributed by atoms with Crippen LogP contribution < -0.4 is 5.43 Å². The minimum absolute atomic E-state index is 0.125. The van der Waals surface area contributed by atoms with Crippen LogP contribution in [0.3, 0.4) is 0 Å². The Balaban J connectivity index is 3.13. The first kappa shape index (κ1) is 10.7. The third-order valence-electron chi connectivity index (χ3n) is 2.62. The molecule has 3 nitrogen and oxygen atoms in total. The molecule has 0 saturated heterocycles. The monoisotopic (exact) mass is 232 g/mol. The zero-order valence-corrected chi connectivity index (χ0v) is 9.64. The van der Waals surface area contributed by atoms with Gasteiger partial charge in [-0.05, 0) is 25.5 Å². The van der Waals surface area contributed by atoms with Crippen LogP contribution >= 0.6 is 11.6 Å². The Bertz CT molecular complexity index is 680. The fraction of sp³-hybridized carbons (Fsp3) is 0.167. The van der Waals surface area contributed by atoms with E-state index in [1.54, 1.807) is 13.0 Å². The molecule has 0 amide bonds. The number of rotatable bonds is 0. The van der Waals surface area contributed by atoms with Crippen LogP contribution in [0.4, 0.5) is 0 Å². The van der Waals surface area contributed by atoms with Gasteiger partial charge in [0, 0.05) is 5.69 Å². The van der Waals surface area contributed by atoms with Gasteiger partial charge in [-0.15, -0.1) is 0 Å². The topological polar surface area (TPSA) is 56.6 Å². The standard InChI is InChI=1S/C12H9ClN2O/c1-6-3-4-9(13)10-11(6)15-7(2)8(5-14)12(10)16/h3-4H,1-2H3,(H,15,16). The van der Waals surface area contributed by atoms with Gasteiger partial charge < -0.3 is 4.98 Å². The molecule has 16 heavy (non-hydrogen) atoms. The predicted octanol–water partition coefficient (Wildman–Crippen LogP) is 2.67. The van der Waals surface area contributed by atoms with Crippen LogP contribution in [0.15, 0.2) is 16.9 Å². The van der Waals surface area contributed by atoms with Crippen molar-refractivity contribution in [2.45, 2.75) is 13.8 Å². The summed E-state index contributed by atoms with van der Waals surface area (Å²) in [6.07, 6.45) is 0. The highest BCUT2D eigenvalue weighted by molar-refractivity contribution is 6.35. The summed E-state index contributed by atoms with van der Waals surface area (Å²) >= 11 is 5.99. The van der Waals surface area contributed by atoms with Crippen LogP contribution in [0.5, 0.6) is 0 Å². The van der Waals surface area contributed by atoms with Crippen molar-refractivity contribution >= 4 is 22.5 Å². The summed E-state index contributed by atoms with van der Waals surface area (Å²) in [7, 11) is 0. The Morgan fingerprint density at radius 2 is 2.06 bits per heavy atom. The zero-order chi connectivity index (χ0) is 11.9. The largest absolute Gasteiger partial charge is 0.357 e. The van der Waals surface area contributed by atoms with Gasteiger partial charge in [-0.3, -0.25) is 4.79 Å². The van der Waals surface area contributed by atoms with Gasteiger partial charge in [-0.1, -0.05) is 17.7 Å². The highest BCUT2D eigenvalue weighted by atomic mass is 35.5. The lowest BCUT2D eigenvalue weighted by Gasteiger charge is -2.06. The number of halogens is 1. The van der Waals surface area contributed by atoms with Gasteiger partial charge in [-0.2, -0.15) is 5.26 Å². The summed E-state index contributed by atoms with van der Waals surface area (Å²) in [6.45, 7) is 3.60. The number of benzene rings is 1. The molecule has 0 saturated carbocycles. The molecule has 2 rings (SSSR count). The lowest BCUT2D eigenvalue weighted by atomic mass is 10.1. The molecule has 2 aromatic rings. The Kier molecular flexibility index (Phi) is 2.45. The van der Waals surface area contributed by atoms with E-state index in [1.807, 2.05) is 19.1 Å². The van der Waals surface area contributed by atoms with Crippen LogP contribution in [0.25, 0.3) is 10.9 Å². The molecule has 0 aliphatic carbocycles. The van der Waals surface area contributed by atoms with Crippen LogP contribution in [0.1, 0.15) is 16.8 Å². The molecule has 0 spiro atoms. The lowest BCUT2D eigenvalue weighted by Crippen LogP contribution is -2.11. The molecule has 4 heteroatoms. The molecule has 0 radical (unpaired) electrons. The van der Waals surface area contributed by atoms with Crippen molar-refractivity contribution in [1.82, 2.24) is 4.98 Å². The number of aryl methyl sites for hydroxylation is 2. The molecule has 0 aliphatic rings. The second kappa shape index (κ2) is 3.66. The lowest BCUT2D eigenvalue weighted by molar-refractivity contribution is 1.20. The minimum atomic E-state index is -0.303. The van der Waals surface area contributed by atoms with Crippen molar-refractivity contribution in [2.75, 3.05) is 0 Å². The van der Waals surface area contributed by atoms with Gasteiger partial charge in [0.15, 0.2) is 0 Å². The first-order valence-corrected chi connectivity index (χ1v) is 5.16. The number of aromatic amines is 1. The summed E-state index contributed by atoms with van der Waals surface area (Å²) in [4.78, 5) is 15.1. The highest BCUT2D eigenvalue weighted by Gasteiger charge is 2.12. The van der Waals surface area contributed by atoms with E-state index in [1.165, 1.54) is 0 Å². The van der Waals surface area contributed by atoms with Crippen LogP contribution in [0, 0.1) is 25.2 Å². The first-order valence-electron chi connectivity index (χ1n) is 4.78. The predicted molar refractivity (Wildman–Crippen MR) is 63.8 cm³/mol. The number of hydrogen-bond donors (Lipinski definition) is 1. The SMILES string of the molecule is Cc1[nH]c2c(C)ccc(Cl)c2c(=O)c1C#N. The third-order valence-corrected chi connectivity index (χ3v) is 2.93. The zero-order valence-electron chi connectivity index (χ0n) is 8.89. The Morgan fingerprint density at radius 3 is 2.69 bits per heavy atom. The summed E-state index contributed by atoms with van der Waals surface area (Å²) in [5.74, 6) is 0. The normalized spacial score (nSPS) is 10.4. The summed E-state index contributed by atoms with van der Waals surface area (Å²) < 4.78 is 0. The van der Waals surface area contributed by atoms with E-state index in [-0.39, 0.29) is 11.0 Å². The molecule has 0 atom stereocenters. The molecule has 0 bridgehead atoms. The fourth-order valence-corrected chi connectivity index (χ4v) is 1.99. The first-order chi connectivity index (χ1) is 7.56. The number of hydrogen-bond acceptors (Lipinski definition) is 2. The van der Waals surface area contributed by atoms with Crippen molar-refractivity contribution in [3.63, 3.8) is 0 Å². The van der Waals surface area contributed by atoms with E-state index >= 15 is 0 Å². The average molecular weight is 233 g/mol. The third kappa shape index (κ3) is 1.39. The fourth-order valence-electron chi connectivity index (χ4n) is 1.74. The molecule has 0 aliphatic heterocycles. The second-order valence-electron chi connectivity index (χ2n) is 3.68. The van der Waals surface area contributed by atoms with Crippen LogP contribution in [-0.2, 0) is 0 Å². The van der Waals surface area contributed by atoms with E-state index in [4.69, 9.17) is 16.9 Å². The maximum Gasteiger partial charge on any atom is 0.208 e. The van der Waals surface area contributed by atoms with E-state index in [2.05, 4.69) is 4.98 Å². The van der Waals surface area contributed by atoms with Gasteiger partial charge >= 0.3 is 0 Å². The molecule has 1 heterocycles. The number of H-pyrrole nitrogens is 1. The number of aromatic nitrogens is 1. The van der Waals surface area contributed by atoms with Crippen molar-refractivity contribution in [3.8, 4) is 6.07 Å². The van der Waals surface area contributed by atoms with E-state index in [0.29, 0.717) is 21.6 Å². The quantitative estimate of drug-likeness (QED) is 0.759. The highest BCUT2D eigenvalue weighted by Crippen LogP contribution is 2.23. The second-order valence-corrected chi connectivity index (χ2v) is 4.09. The van der Waals surface area contributed by atoms with Gasteiger partial charge in [-0.25, -0.2) is 0 Å². The summed E-state index contributed by atoms with van der Waals surface area (Å²) in [6, 6.07) is 5.41. The van der Waals surface area contributed by atoms with Gasteiger partial charge in [0.1, 0.15) is 11.6 Å². The minimum Gasteiger partial charge on any atom is -0.357 e. The molecular formula is C12H9ClN2O. The van der Waals surface area contributed by atoms with Gasteiger partial charge in [0.25, 0.3) is 0 Å². The number of fused-ring (bicyclic) bond motifs is 1. The average Bonchev–Trinajstić information content (AvgIpc) is 2.24. The van der Waals surface area contributed by atoms with Crippen molar-refractivity contribution in [3.05, 3.63) is 44.2 Å². The molecule has 1 aromatic carbocycles. The molecule has 0 unspecified atom stereocenters. The molecule has 80 valence electrons. The maximum absolute atomic E-state index is 12.0. The van der Waals surface area contributed by atoms with Crippen molar-refractivity contribution in [2.24, 2.45) is 0 Å². The number of pyridine rings is 1. The Morgan fingerprint density at radius 1 is 1.38 bits per heavy atom. The molecule has 1 N–H and O–H groups in total. The summed E-state index contributed by atoms with van der Waals surface area (Å²) in [5.41, 5.74) is 2.03. The van der Waals surface area contributed by atoms with Crippen molar-refractivity contribution < 1.29 is 0 Å².